The van der Waals surface area contributed by atoms with E-state index in [-0.39, 0.29) is 0 Å². The number of methoxy groups -OCH3 is 1. The van der Waals surface area contributed by atoms with E-state index in [4.69, 9.17) is 4.74 Å². The minimum absolute atomic E-state index is 0.294. The van der Waals surface area contributed by atoms with Gasteiger partial charge in [-0.25, -0.2) is 15.0 Å². The molecule has 0 aromatic carbocycles. The van der Waals surface area contributed by atoms with Crippen LogP contribution in [0.15, 0.2) is 24.8 Å². The van der Waals surface area contributed by atoms with Gasteiger partial charge in [0.2, 0.25) is 0 Å². The molecule has 0 spiro atoms. The zero-order valence-electron chi connectivity index (χ0n) is 12.9. The lowest BCUT2D eigenvalue weighted by molar-refractivity contribution is 0.243. The molecule has 0 unspecified atom stereocenters. The highest BCUT2D eigenvalue weighted by molar-refractivity contribution is 5.31. The van der Waals surface area contributed by atoms with Crippen LogP contribution >= 0.6 is 0 Å². The normalized spacial score (nSPS) is 18.4. The first kappa shape index (κ1) is 14.6. The summed E-state index contributed by atoms with van der Waals surface area (Å²) in [5.74, 6) is 0.803. The summed E-state index contributed by atoms with van der Waals surface area (Å²) in [7, 11) is 3.42. The SMILES string of the molecule is CNc1cncc([C@H]2CCCN2Cc2cnc(OC)nc2)n1. The maximum atomic E-state index is 4.99. The van der Waals surface area contributed by atoms with Gasteiger partial charge < -0.3 is 10.1 Å². The third-order valence-electron chi connectivity index (χ3n) is 3.86. The number of nitrogens with one attached hydrogen (secondary N) is 1. The highest BCUT2D eigenvalue weighted by Gasteiger charge is 2.27. The van der Waals surface area contributed by atoms with Crippen LogP contribution in [0, 0.1) is 0 Å². The van der Waals surface area contributed by atoms with Gasteiger partial charge in [0.05, 0.1) is 31.2 Å². The van der Waals surface area contributed by atoms with Crippen molar-refractivity contribution < 1.29 is 4.74 Å². The molecule has 7 nitrogen and oxygen atoms in total. The summed E-state index contributed by atoms with van der Waals surface area (Å²) in [5.41, 5.74) is 2.09. The second kappa shape index (κ2) is 6.65. The fourth-order valence-corrected chi connectivity index (χ4v) is 2.78. The highest BCUT2D eigenvalue weighted by Crippen LogP contribution is 2.32. The van der Waals surface area contributed by atoms with Gasteiger partial charge in [-0.1, -0.05) is 0 Å². The van der Waals surface area contributed by atoms with E-state index < -0.39 is 0 Å². The van der Waals surface area contributed by atoms with E-state index in [2.05, 4.69) is 30.2 Å². The first-order valence-electron chi connectivity index (χ1n) is 7.39. The van der Waals surface area contributed by atoms with Gasteiger partial charge in [0.15, 0.2) is 0 Å². The van der Waals surface area contributed by atoms with Crippen LogP contribution in [-0.2, 0) is 6.54 Å². The molecule has 0 bridgehead atoms. The predicted molar refractivity (Wildman–Crippen MR) is 82.5 cm³/mol. The summed E-state index contributed by atoms with van der Waals surface area (Å²) in [4.78, 5) is 19.6. The smallest absolute Gasteiger partial charge is 0.316 e. The lowest BCUT2D eigenvalue weighted by Gasteiger charge is -2.23. The quantitative estimate of drug-likeness (QED) is 0.899. The van der Waals surface area contributed by atoms with Crippen molar-refractivity contribution in [3.63, 3.8) is 0 Å². The van der Waals surface area contributed by atoms with Gasteiger partial charge in [-0.2, -0.15) is 0 Å². The number of aromatic nitrogens is 4. The molecule has 2 aromatic heterocycles. The van der Waals surface area contributed by atoms with Crippen molar-refractivity contribution in [2.24, 2.45) is 0 Å². The Labute approximate surface area is 129 Å². The monoisotopic (exact) mass is 300 g/mol. The van der Waals surface area contributed by atoms with Crippen LogP contribution in [0.1, 0.15) is 30.1 Å². The van der Waals surface area contributed by atoms with Gasteiger partial charge in [0.1, 0.15) is 5.82 Å². The minimum Gasteiger partial charge on any atom is -0.467 e. The highest BCUT2D eigenvalue weighted by atomic mass is 16.5. The number of likely N-dealkylation sites (tertiary alicyclic amines) is 1. The number of anilines is 1. The summed E-state index contributed by atoms with van der Waals surface area (Å²) in [5, 5.41) is 3.04. The van der Waals surface area contributed by atoms with Gasteiger partial charge in [0.25, 0.3) is 0 Å². The Morgan fingerprint density at radius 1 is 1.27 bits per heavy atom. The zero-order valence-corrected chi connectivity index (χ0v) is 12.9. The van der Waals surface area contributed by atoms with Gasteiger partial charge in [0, 0.05) is 31.5 Å². The third kappa shape index (κ3) is 3.14. The summed E-state index contributed by atoms with van der Waals surface area (Å²) < 4.78 is 4.99. The van der Waals surface area contributed by atoms with E-state index in [1.807, 2.05) is 25.6 Å². The van der Waals surface area contributed by atoms with Crippen molar-refractivity contribution in [2.75, 3.05) is 26.0 Å². The molecular formula is C15H20N6O. The molecule has 1 fully saturated rings. The average molecular weight is 300 g/mol. The van der Waals surface area contributed by atoms with Crippen molar-refractivity contribution in [2.45, 2.75) is 25.4 Å². The average Bonchev–Trinajstić information content (AvgIpc) is 3.04. The van der Waals surface area contributed by atoms with E-state index in [1.54, 1.807) is 13.3 Å². The van der Waals surface area contributed by atoms with E-state index >= 15 is 0 Å². The molecule has 1 saturated heterocycles. The minimum atomic E-state index is 0.294. The Morgan fingerprint density at radius 2 is 2.09 bits per heavy atom. The zero-order chi connectivity index (χ0) is 15.4. The molecule has 0 amide bonds. The van der Waals surface area contributed by atoms with E-state index in [0.29, 0.717) is 12.1 Å². The van der Waals surface area contributed by atoms with E-state index in [1.165, 1.54) is 0 Å². The van der Waals surface area contributed by atoms with Crippen LogP contribution in [-0.4, -0.2) is 45.5 Å². The number of hydrogen-bond acceptors (Lipinski definition) is 7. The van der Waals surface area contributed by atoms with Gasteiger partial charge in [-0.3, -0.25) is 9.88 Å². The lowest BCUT2D eigenvalue weighted by Crippen LogP contribution is -2.24. The molecule has 22 heavy (non-hydrogen) atoms. The Morgan fingerprint density at radius 3 is 2.82 bits per heavy atom. The molecule has 1 aliphatic heterocycles. The van der Waals surface area contributed by atoms with Crippen LogP contribution in [0.4, 0.5) is 5.82 Å². The van der Waals surface area contributed by atoms with Crippen LogP contribution in [0.2, 0.25) is 0 Å². The molecule has 1 atom stereocenters. The second-order valence-electron chi connectivity index (χ2n) is 5.29. The molecule has 1 N–H and O–H groups in total. The lowest BCUT2D eigenvalue weighted by atomic mass is 10.1. The Hall–Kier alpha value is -2.28. The standard InChI is InChI=1S/C15H20N6O/c1-16-14-9-17-8-12(20-14)13-4-3-5-21(13)10-11-6-18-15(22-2)19-7-11/h6-9,13H,3-5,10H2,1-2H3,(H,16,20)/t13-/m1/s1. The fourth-order valence-electron chi connectivity index (χ4n) is 2.78. The summed E-state index contributed by atoms with van der Waals surface area (Å²) >= 11 is 0. The van der Waals surface area contributed by atoms with E-state index in [9.17, 15) is 0 Å². The van der Waals surface area contributed by atoms with Crippen LogP contribution < -0.4 is 10.1 Å². The first-order valence-corrected chi connectivity index (χ1v) is 7.39. The number of rotatable bonds is 5. The largest absolute Gasteiger partial charge is 0.467 e. The summed E-state index contributed by atoms with van der Waals surface area (Å²) in [6.45, 7) is 1.85. The molecule has 7 heteroatoms. The van der Waals surface area contributed by atoms with Crippen LogP contribution in [0.25, 0.3) is 0 Å². The van der Waals surface area contributed by atoms with Gasteiger partial charge in [-0.15, -0.1) is 0 Å². The molecule has 0 saturated carbocycles. The Kier molecular flexibility index (Phi) is 4.43. The van der Waals surface area contributed by atoms with Crippen molar-refractivity contribution in [1.29, 1.82) is 0 Å². The van der Waals surface area contributed by atoms with Gasteiger partial charge in [-0.05, 0) is 19.4 Å². The molecule has 1 aliphatic rings. The first-order chi connectivity index (χ1) is 10.8. The fraction of sp³-hybridized carbons (Fsp3) is 0.467. The number of hydrogen-bond donors (Lipinski definition) is 1. The molecular weight excluding hydrogens is 280 g/mol. The Balaban J connectivity index is 1.74. The van der Waals surface area contributed by atoms with E-state index in [0.717, 1.165) is 43.0 Å². The molecule has 0 aliphatic carbocycles. The topological polar surface area (TPSA) is 76.1 Å². The predicted octanol–water partition coefficient (Wildman–Crippen LogP) is 1.65. The van der Waals surface area contributed by atoms with Crippen molar-refractivity contribution in [3.05, 3.63) is 36.0 Å². The van der Waals surface area contributed by atoms with Crippen LogP contribution in [0.5, 0.6) is 6.01 Å². The van der Waals surface area contributed by atoms with Crippen LogP contribution in [0.3, 0.4) is 0 Å². The summed E-state index contributed by atoms with van der Waals surface area (Å²) in [6.07, 6.45) is 9.48. The van der Waals surface area contributed by atoms with Crippen molar-refractivity contribution >= 4 is 5.82 Å². The molecule has 3 heterocycles. The number of nitrogens with zero attached hydrogens (tertiary/aromatic N) is 5. The maximum Gasteiger partial charge on any atom is 0.316 e. The second-order valence-corrected chi connectivity index (χ2v) is 5.29. The molecule has 2 aromatic rings. The summed E-state index contributed by atoms with van der Waals surface area (Å²) in [6, 6.07) is 0.692. The van der Waals surface area contributed by atoms with Gasteiger partial charge >= 0.3 is 6.01 Å². The molecule has 3 rings (SSSR count). The molecule has 116 valence electrons. The van der Waals surface area contributed by atoms with Crippen molar-refractivity contribution in [3.8, 4) is 6.01 Å². The molecule has 0 radical (unpaired) electrons. The third-order valence-corrected chi connectivity index (χ3v) is 3.86. The Bertz CT molecular complexity index is 618. The number of ether oxygens (including phenoxy) is 1. The van der Waals surface area contributed by atoms with Crippen molar-refractivity contribution in [1.82, 2.24) is 24.8 Å². The maximum absolute atomic E-state index is 4.99.